The number of hydrogen-bond donors (Lipinski definition) is 2. The topological polar surface area (TPSA) is 60.1 Å². The van der Waals surface area contributed by atoms with E-state index < -0.39 is 0 Å². The molecule has 0 bridgehead atoms. The molecule has 0 amide bonds. The van der Waals surface area contributed by atoms with Gasteiger partial charge in [-0.3, -0.25) is 0 Å². The molecule has 3 aromatic rings. The van der Waals surface area contributed by atoms with Crippen molar-refractivity contribution in [3.63, 3.8) is 0 Å². The Morgan fingerprint density at radius 1 is 0.960 bits per heavy atom. The molecule has 1 aliphatic rings. The summed E-state index contributed by atoms with van der Waals surface area (Å²) in [6, 6.07) is 12.6. The molecule has 130 valence electrons. The Kier molecular flexibility index (Phi) is 4.01. The van der Waals surface area contributed by atoms with Crippen molar-refractivity contribution in [2.45, 2.75) is 12.5 Å². The number of aromatic nitrogens is 1. The van der Waals surface area contributed by atoms with Crippen LogP contribution < -0.4 is 19.5 Å². The maximum absolute atomic E-state index is 5.48. The van der Waals surface area contributed by atoms with Crippen molar-refractivity contribution in [2.75, 3.05) is 27.9 Å². The molecule has 1 atom stereocenters. The molecule has 25 heavy (non-hydrogen) atoms. The summed E-state index contributed by atoms with van der Waals surface area (Å²) in [4.78, 5) is 3.62. The molecule has 0 fully saturated rings. The average Bonchev–Trinajstić information content (AvgIpc) is 3.05. The first-order chi connectivity index (χ1) is 12.2. The second kappa shape index (κ2) is 6.33. The van der Waals surface area contributed by atoms with Gasteiger partial charge < -0.3 is 24.5 Å². The van der Waals surface area contributed by atoms with E-state index in [9.17, 15) is 0 Å². The highest BCUT2D eigenvalue weighted by atomic mass is 16.5. The number of quaternary nitrogens is 1. The summed E-state index contributed by atoms with van der Waals surface area (Å²) in [7, 11) is 5.04. The Bertz CT molecular complexity index is 917. The molecule has 0 saturated carbocycles. The summed E-state index contributed by atoms with van der Waals surface area (Å²) in [5.74, 6) is 2.41. The number of rotatable bonds is 4. The number of ether oxygens (including phenoxy) is 3. The zero-order chi connectivity index (χ0) is 17.4. The summed E-state index contributed by atoms with van der Waals surface area (Å²) in [6.45, 7) is 1.05. The van der Waals surface area contributed by atoms with Crippen LogP contribution in [0.1, 0.15) is 22.9 Å². The molecule has 0 radical (unpaired) electrons. The molecule has 3 N–H and O–H groups in total. The molecular weight excluding hydrogens is 316 g/mol. The fraction of sp³-hybridized carbons (Fsp3) is 0.300. The van der Waals surface area contributed by atoms with E-state index in [0.29, 0.717) is 0 Å². The molecule has 0 saturated heterocycles. The van der Waals surface area contributed by atoms with Crippen LogP contribution in [0.4, 0.5) is 0 Å². The fourth-order valence-electron chi connectivity index (χ4n) is 3.77. The van der Waals surface area contributed by atoms with E-state index >= 15 is 0 Å². The summed E-state index contributed by atoms with van der Waals surface area (Å²) in [5, 5.41) is 3.63. The molecule has 0 aliphatic carbocycles. The zero-order valence-electron chi connectivity index (χ0n) is 14.8. The lowest BCUT2D eigenvalue weighted by atomic mass is 9.94. The van der Waals surface area contributed by atoms with Gasteiger partial charge in [0.2, 0.25) is 0 Å². The van der Waals surface area contributed by atoms with Gasteiger partial charge in [0.25, 0.3) is 0 Å². The first-order valence-corrected chi connectivity index (χ1v) is 8.49. The van der Waals surface area contributed by atoms with Crippen LogP contribution in [0.2, 0.25) is 0 Å². The van der Waals surface area contributed by atoms with Gasteiger partial charge in [0.05, 0.1) is 33.6 Å². The van der Waals surface area contributed by atoms with Crippen molar-refractivity contribution in [3.05, 3.63) is 53.2 Å². The Labute approximate surface area is 146 Å². The lowest BCUT2D eigenvalue weighted by Gasteiger charge is -2.22. The highest BCUT2D eigenvalue weighted by molar-refractivity contribution is 5.86. The Morgan fingerprint density at radius 2 is 1.80 bits per heavy atom. The van der Waals surface area contributed by atoms with Crippen LogP contribution in [0.15, 0.2) is 36.4 Å². The smallest absolute Gasteiger partial charge is 0.161 e. The van der Waals surface area contributed by atoms with Crippen LogP contribution in [0.5, 0.6) is 17.2 Å². The van der Waals surface area contributed by atoms with Crippen molar-refractivity contribution < 1.29 is 19.5 Å². The number of H-pyrrole nitrogens is 1. The van der Waals surface area contributed by atoms with Gasteiger partial charge in [0.15, 0.2) is 17.5 Å². The van der Waals surface area contributed by atoms with Gasteiger partial charge in [-0.25, -0.2) is 0 Å². The predicted molar refractivity (Wildman–Crippen MR) is 96.7 cm³/mol. The SMILES string of the molecule is COc1ccc2[nH]c3c(c2c1)CC[NH2+][C@H]3c1ccc(OC)c(OC)c1. The molecule has 1 aliphatic heterocycles. The van der Waals surface area contributed by atoms with Crippen molar-refractivity contribution in [1.29, 1.82) is 0 Å². The van der Waals surface area contributed by atoms with E-state index in [1.165, 1.54) is 22.2 Å². The number of fused-ring (bicyclic) bond motifs is 3. The first kappa shape index (κ1) is 15.8. The third-order valence-corrected chi connectivity index (χ3v) is 5.02. The van der Waals surface area contributed by atoms with Crippen molar-refractivity contribution in [2.24, 2.45) is 0 Å². The second-order valence-corrected chi connectivity index (χ2v) is 6.30. The number of aromatic amines is 1. The van der Waals surface area contributed by atoms with E-state index in [-0.39, 0.29) is 6.04 Å². The molecule has 2 heterocycles. The van der Waals surface area contributed by atoms with Crippen LogP contribution in [0.25, 0.3) is 10.9 Å². The first-order valence-electron chi connectivity index (χ1n) is 8.49. The minimum Gasteiger partial charge on any atom is -0.497 e. The summed E-state index contributed by atoms with van der Waals surface area (Å²) >= 11 is 0. The van der Waals surface area contributed by atoms with Crippen molar-refractivity contribution in [3.8, 4) is 17.2 Å². The van der Waals surface area contributed by atoms with Crippen molar-refractivity contribution >= 4 is 10.9 Å². The number of benzene rings is 2. The fourth-order valence-corrected chi connectivity index (χ4v) is 3.77. The average molecular weight is 339 g/mol. The number of hydrogen-bond acceptors (Lipinski definition) is 3. The van der Waals surface area contributed by atoms with E-state index in [4.69, 9.17) is 14.2 Å². The third kappa shape index (κ3) is 2.61. The van der Waals surface area contributed by atoms with Gasteiger partial charge in [-0.2, -0.15) is 0 Å². The number of nitrogens with one attached hydrogen (secondary N) is 1. The second-order valence-electron chi connectivity index (χ2n) is 6.30. The van der Waals surface area contributed by atoms with E-state index in [1.54, 1.807) is 21.3 Å². The number of nitrogens with two attached hydrogens (primary N) is 1. The maximum Gasteiger partial charge on any atom is 0.161 e. The Balaban J connectivity index is 1.82. The van der Waals surface area contributed by atoms with Gasteiger partial charge >= 0.3 is 0 Å². The standard InChI is InChI=1S/C20H22N2O3/c1-23-13-5-6-16-15(11-13)14-8-9-21-19(20(14)22-16)12-4-7-17(24-2)18(10-12)25-3/h4-7,10-11,19,21-22H,8-9H2,1-3H3/p+1/t19-/m0/s1. The summed E-state index contributed by atoms with van der Waals surface area (Å²) < 4.78 is 16.2. The molecule has 5 nitrogen and oxygen atoms in total. The summed E-state index contributed by atoms with van der Waals surface area (Å²) in [6.07, 6.45) is 1.05. The largest absolute Gasteiger partial charge is 0.497 e. The predicted octanol–water partition coefficient (Wildman–Crippen LogP) is 2.40. The van der Waals surface area contributed by atoms with E-state index in [0.717, 1.165) is 35.7 Å². The van der Waals surface area contributed by atoms with Gasteiger partial charge in [-0.05, 0) is 42.0 Å². The Morgan fingerprint density at radius 3 is 2.56 bits per heavy atom. The molecule has 5 heteroatoms. The minimum atomic E-state index is 0.224. The molecular formula is C20H23N2O3+. The molecule has 0 unspecified atom stereocenters. The lowest BCUT2D eigenvalue weighted by molar-refractivity contribution is -0.690. The van der Waals surface area contributed by atoms with Crippen molar-refractivity contribution in [1.82, 2.24) is 4.98 Å². The van der Waals surface area contributed by atoms with Gasteiger partial charge in [-0.1, -0.05) is 0 Å². The van der Waals surface area contributed by atoms with Crippen LogP contribution in [-0.4, -0.2) is 32.9 Å². The molecule has 4 rings (SSSR count). The Hall–Kier alpha value is -2.66. The van der Waals surface area contributed by atoms with E-state index in [2.05, 4.69) is 34.6 Å². The number of methoxy groups -OCH3 is 3. The molecule has 0 spiro atoms. The van der Waals surface area contributed by atoms with Gasteiger partial charge in [0.1, 0.15) is 5.75 Å². The van der Waals surface area contributed by atoms with Crippen LogP contribution in [-0.2, 0) is 6.42 Å². The maximum atomic E-state index is 5.48. The molecule has 1 aromatic heterocycles. The molecule has 2 aromatic carbocycles. The van der Waals surface area contributed by atoms with Crippen LogP contribution in [0, 0.1) is 0 Å². The van der Waals surface area contributed by atoms with Gasteiger partial charge in [0, 0.05) is 22.9 Å². The zero-order valence-corrected chi connectivity index (χ0v) is 14.8. The normalized spacial score (nSPS) is 16.5. The van der Waals surface area contributed by atoms with Gasteiger partial charge in [-0.15, -0.1) is 0 Å². The highest BCUT2D eigenvalue weighted by Gasteiger charge is 2.29. The monoisotopic (exact) mass is 339 g/mol. The lowest BCUT2D eigenvalue weighted by Crippen LogP contribution is -2.87. The van der Waals surface area contributed by atoms with Crippen LogP contribution in [0.3, 0.4) is 0 Å². The summed E-state index contributed by atoms with van der Waals surface area (Å²) in [5.41, 5.74) is 5.02. The third-order valence-electron chi connectivity index (χ3n) is 5.02. The highest BCUT2D eigenvalue weighted by Crippen LogP contribution is 2.35. The minimum absolute atomic E-state index is 0.224. The van der Waals surface area contributed by atoms with E-state index in [1.807, 2.05) is 12.1 Å². The van der Waals surface area contributed by atoms with Crippen LogP contribution >= 0.6 is 0 Å². The quantitative estimate of drug-likeness (QED) is 0.767.